The van der Waals surface area contributed by atoms with Crippen molar-refractivity contribution >= 4 is 0 Å². The molecule has 0 saturated carbocycles. The molecule has 0 rings (SSSR count). The fraction of sp³-hybridized carbons (Fsp3) is 1.00. The summed E-state index contributed by atoms with van der Waals surface area (Å²) in [4.78, 5) is 0. The van der Waals surface area contributed by atoms with Gasteiger partial charge in [-0.1, -0.05) is 13.3 Å². The molecule has 0 bridgehead atoms. The molecule has 0 saturated heterocycles. The van der Waals surface area contributed by atoms with Crippen LogP contribution in [0.15, 0.2) is 0 Å². The van der Waals surface area contributed by atoms with E-state index in [1.807, 2.05) is 0 Å². The van der Waals surface area contributed by atoms with E-state index in [4.69, 9.17) is 5.84 Å². The first-order valence-electron chi connectivity index (χ1n) is 3.35. The third-order valence-electron chi connectivity index (χ3n) is 1.29. The molecule has 0 aliphatic carbocycles. The van der Waals surface area contributed by atoms with Gasteiger partial charge in [0.25, 0.3) is 0 Å². The molecule has 0 radical (unpaired) electrons. The molecule has 0 aromatic carbocycles. The number of nitrogens with one attached hydrogen (secondary N) is 2. The molecule has 9 heavy (non-hydrogen) atoms. The summed E-state index contributed by atoms with van der Waals surface area (Å²) in [6.45, 7) is 6.37. The van der Waals surface area contributed by atoms with Gasteiger partial charge in [0.05, 0.1) is 0 Å². The average Bonchev–Trinajstić information content (AvgIpc) is 1.64. The second-order valence-electron chi connectivity index (χ2n) is 2.90. The highest BCUT2D eigenvalue weighted by molar-refractivity contribution is 4.72. The Morgan fingerprint density at radius 1 is 1.44 bits per heavy atom. The van der Waals surface area contributed by atoms with Gasteiger partial charge in [0, 0.05) is 5.54 Å². The molecule has 0 fully saturated rings. The maximum Gasteiger partial charge on any atom is 0.0280 e. The van der Waals surface area contributed by atoms with E-state index in [-0.39, 0.29) is 5.54 Å². The van der Waals surface area contributed by atoms with E-state index < -0.39 is 0 Å². The molecule has 0 amide bonds. The zero-order valence-corrected chi connectivity index (χ0v) is 6.49. The largest absolute Gasteiger partial charge is 0.258 e. The standard InChI is InChI=1S/C6H17N3/c1-4-5-6(2,3)8-9-7/h8-9H,4-5,7H2,1-3H3. The van der Waals surface area contributed by atoms with Crippen LogP contribution >= 0.6 is 0 Å². The molecule has 0 atom stereocenters. The predicted molar refractivity (Wildman–Crippen MR) is 39.4 cm³/mol. The topological polar surface area (TPSA) is 50.1 Å². The van der Waals surface area contributed by atoms with Crippen molar-refractivity contribution in [3.05, 3.63) is 0 Å². The van der Waals surface area contributed by atoms with Gasteiger partial charge in [-0.15, -0.1) is 0 Å². The third-order valence-corrected chi connectivity index (χ3v) is 1.29. The van der Waals surface area contributed by atoms with Crippen LogP contribution in [0.2, 0.25) is 0 Å². The normalized spacial score (nSPS) is 12.0. The third kappa shape index (κ3) is 4.39. The summed E-state index contributed by atoms with van der Waals surface area (Å²) in [6.07, 6.45) is 2.29. The molecule has 0 unspecified atom stereocenters. The number of hydrogen-bond acceptors (Lipinski definition) is 3. The zero-order valence-electron chi connectivity index (χ0n) is 6.49. The van der Waals surface area contributed by atoms with Crippen molar-refractivity contribution in [1.82, 2.24) is 11.0 Å². The van der Waals surface area contributed by atoms with Crippen molar-refractivity contribution < 1.29 is 0 Å². The smallest absolute Gasteiger partial charge is 0.0280 e. The Morgan fingerprint density at radius 3 is 2.33 bits per heavy atom. The minimum absolute atomic E-state index is 0.115. The lowest BCUT2D eigenvalue weighted by atomic mass is 10.0. The Kier molecular flexibility index (Phi) is 3.77. The monoisotopic (exact) mass is 131 g/mol. The molecule has 56 valence electrons. The summed E-state index contributed by atoms with van der Waals surface area (Å²) >= 11 is 0. The summed E-state index contributed by atoms with van der Waals surface area (Å²) < 4.78 is 0. The summed E-state index contributed by atoms with van der Waals surface area (Å²) in [5.41, 5.74) is 5.51. The molecule has 0 aliphatic rings. The Morgan fingerprint density at radius 2 is 2.00 bits per heavy atom. The molecular formula is C6H17N3. The minimum atomic E-state index is 0.115. The maximum absolute atomic E-state index is 5.08. The van der Waals surface area contributed by atoms with Crippen LogP contribution in [0.25, 0.3) is 0 Å². The van der Waals surface area contributed by atoms with E-state index in [1.54, 1.807) is 0 Å². The highest BCUT2D eigenvalue weighted by Gasteiger charge is 2.13. The Labute approximate surface area is 56.9 Å². The van der Waals surface area contributed by atoms with E-state index in [0.29, 0.717) is 0 Å². The maximum atomic E-state index is 5.08. The van der Waals surface area contributed by atoms with Crippen LogP contribution in [0.3, 0.4) is 0 Å². The van der Waals surface area contributed by atoms with E-state index in [1.165, 1.54) is 6.42 Å². The van der Waals surface area contributed by atoms with Crippen molar-refractivity contribution in [2.45, 2.75) is 39.2 Å². The predicted octanol–water partition coefficient (Wildman–Crippen LogP) is 0.533. The van der Waals surface area contributed by atoms with Crippen molar-refractivity contribution in [3.63, 3.8) is 0 Å². The first-order valence-corrected chi connectivity index (χ1v) is 3.35. The van der Waals surface area contributed by atoms with Crippen LogP contribution in [0, 0.1) is 0 Å². The molecule has 0 aromatic rings. The van der Waals surface area contributed by atoms with Gasteiger partial charge in [-0.3, -0.25) is 5.84 Å². The molecule has 0 spiro atoms. The van der Waals surface area contributed by atoms with Crippen molar-refractivity contribution in [2.75, 3.05) is 0 Å². The second kappa shape index (κ2) is 3.82. The fourth-order valence-electron chi connectivity index (χ4n) is 0.883. The van der Waals surface area contributed by atoms with Gasteiger partial charge in [0.1, 0.15) is 0 Å². The van der Waals surface area contributed by atoms with Crippen molar-refractivity contribution in [2.24, 2.45) is 5.84 Å². The minimum Gasteiger partial charge on any atom is -0.258 e. The Hall–Kier alpha value is -0.120. The first kappa shape index (κ1) is 8.88. The summed E-state index contributed by atoms with van der Waals surface area (Å²) in [5, 5.41) is 0. The molecule has 3 heteroatoms. The van der Waals surface area contributed by atoms with Gasteiger partial charge in [0.15, 0.2) is 0 Å². The van der Waals surface area contributed by atoms with E-state index >= 15 is 0 Å². The Balaban J connectivity index is 3.43. The summed E-state index contributed by atoms with van der Waals surface area (Å²) in [6, 6.07) is 0. The molecule has 0 heterocycles. The van der Waals surface area contributed by atoms with Crippen LogP contribution in [0.5, 0.6) is 0 Å². The number of rotatable bonds is 4. The van der Waals surface area contributed by atoms with E-state index in [9.17, 15) is 0 Å². The summed E-state index contributed by atoms with van der Waals surface area (Å²) in [7, 11) is 0. The lowest BCUT2D eigenvalue weighted by Gasteiger charge is -2.24. The van der Waals surface area contributed by atoms with Crippen molar-refractivity contribution in [1.29, 1.82) is 0 Å². The second-order valence-corrected chi connectivity index (χ2v) is 2.90. The highest BCUT2D eigenvalue weighted by atomic mass is 15.5. The summed E-state index contributed by atoms with van der Waals surface area (Å²) in [5.74, 6) is 5.08. The number of hydrogen-bond donors (Lipinski definition) is 3. The molecule has 0 aromatic heterocycles. The van der Waals surface area contributed by atoms with Gasteiger partial charge >= 0.3 is 0 Å². The lowest BCUT2D eigenvalue weighted by Crippen LogP contribution is -2.51. The van der Waals surface area contributed by atoms with Crippen LogP contribution < -0.4 is 16.8 Å². The van der Waals surface area contributed by atoms with Crippen molar-refractivity contribution in [3.8, 4) is 0 Å². The quantitative estimate of drug-likeness (QED) is 0.385. The zero-order chi connectivity index (χ0) is 7.33. The van der Waals surface area contributed by atoms with Gasteiger partial charge in [-0.2, -0.15) is 5.53 Å². The molecular weight excluding hydrogens is 114 g/mol. The van der Waals surface area contributed by atoms with Gasteiger partial charge in [0.2, 0.25) is 0 Å². The van der Waals surface area contributed by atoms with E-state index in [2.05, 4.69) is 31.7 Å². The SMILES string of the molecule is CCCC(C)(C)NNN. The number of nitrogens with two attached hydrogens (primary N) is 1. The average molecular weight is 131 g/mol. The van der Waals surface area contributed by atoms with Gasteiger partial charge < -0.3 is 0 Å². The van der Waals surface area contributed by atoms with Crippen LogP contribution in [0.1, 0.15) is 33.6 Å². The molecule has 4 N–H and O–H groups in total. The highest BCUT2D eigenvalue weighted by Crippen LogP contribution is 2.08. The van der Waals surface area contributed by atoms with Gasteiger partial charge in [-0.05, 0) is 20.3 Å². The molecule has 3 nitrogen and oxygen atoms in total. The first-order chi connectivity index (χ1) is 4.12. The van der Waals surface area contributed by atoms with Gasteiger partial charge in [-0.25, -0.2) is 5.43 Å². The number of hydrazine groups is 2. The lowest BCUT2D eigenvalue weighted by molar-refractivity contribution is 0.311. The van der Waals surface area contributed by atoms with E-state index in [0.717, 1.165) is 6.42 Å². The fourth-order valence-corrected chi connectivity index (χ4v) is 0.883. The van der Waals surface area contributed by atoms with Crippen LogP contribution in [0.4, 0.5) is 0 Å². The van der Waals surface area contributed by atoms with Crippen LogP contribution in [-0.2, 0) is 0 Å². The van der Waals surface area contributed by atoms with Crippen LogP contribution in [-0.4, -0.2) is 5.54 Å². The molecule has 0 aliphatic heterocycles. The Bertz CT molecular complexity index is 62.7.